The molecule has 0 unspecified atom stereocenters. The third-order valence-corrected chi connectivity index (χ3v) is 4.29. The van der Waals surface area contributed by atoms with Crippen LogP contribution in [0.1, 0.15) is 0 Å². The van der Waals surface area contributed by atoms with Crippen LogP contribution in [0.3, 0.4) is 0 Å². The predicted octanol–water partition coefficient (Wildman–Crippen LogP) is 2.66. The Morgan fingerprint density at radius 2 is 1.23 bits per heavy atom. The van der Waals surface area contributed by atoms with Crippen LogP contribution >= 0.6 is 0 Å². The number of rotatable bonds is 0. The standard InChI is InChI=1S/C18H10N2O2/c21-16-10-9-12-11-5-1-2-6-13(11)18(22)20-15-8-4-3-7-14(15)19(16)17(12)20/h1-10H. The van der Waals surface area contributed by atoms with Crippen molar-refractivity contribution in [3.8, 4) is 0 Å². The van der Waals surface area contributed by atoms with E-state index in [0.29, 0.717) is 11.0 Å². The molecule has 104 valence electrons. The summed E-state index contributed by atoms with van der Waals surface area (Å²) in [5, 5.41) is 2.45. The van der Waals surface area contributed by atoms with Gasteiger partial charge in [0.05, 0.1) is 11.0 Å². The fraction of sp³-hybridized carbons (Fsp3) is 0. The largest absolute Gasteiger partial charge is 0.269 e. The van der Waals surface area contributed by atoms with Crippen LogP contribution in [0.4, 0.5) is 0 Å². The first kappa shape index (κ1) is 11.5. The highest BCUT2D eigenvalue weighted by Gasteiger charge is 2.17. The molecule has 5 aromatic rings. The Morgan fingerprint density at radius 1 is 0.591 bits per heavy atom. The summed E-state index contributed by atoms with van der Waals surface area (Å²) in [5.41, 5.74) is 1.95. The minimum atomic E-state index is -0.124. The fourth-order valence-corrected chi connectivity index (χ4v) is 3.38. The van der Waals surface area contributed by atoms with E-state index in [0.717, 1.165) is 21.8 Å². The summed E-state index contributed by atoms with van der Waals surface area (Å²) in [5.74, 6) is 0. The highest BCUT2D eigenvalue weighted by Crippen LogP contribution is 2.26. The molecule has 0 saturated carbocycles. The summed E-state index contributed by atoms with van der Waals surface area (Å²) >= 11 is 0. The van der Waals surface area contributed by atoms with Crippen LogP contribution < -0.4 is 11.1 Å². The average molecular weight is 286 g/mol. The van der Waals surface area contributed by atoms with E-state index in [1.165, 1.54) is 0 Å². The van der Waals surface area contributed by atoms with Crippen molar-refractivity contribution < 1.29 is 0 Å². The van der Waals surface area contributed by atoms with Crippen molar-refractivity contribution in [2.24, 2.45) is 0 Å². The monoisotopic (exact) mass is 286 g/mol. The number of imidazole rings is 1. The number of benzene rings is 2. The van der Waals surface area contributed by atoms with E-state index in [9.17, 15) is 9.59 Å². The van der Waals surface area contributed by atoms with Gasteiger partial charge in [0.25, 0.3) is 11.1 Å². The minimum absolute atomic E-state index is 0.0904. The second-order valence-corrected chi connectivity index (χ2v) is 5.42. The molecule has 0 atom stereocenters. The van der Waals surface area contributed by atoms with Crippen LogP contribution in [0.15, 0.2) is 70.3 Å². The van der Waals surface area contributed by atoms with Crippen molar-refractivity contribution in [2.45, 2.75) is 0 Å². The van der Waals surface area contributed by atoms with Gasteiger partial charge in [-0.05, 0) is 29.7 Å². The van der Waals surface area contributed by atoms with Crippen molar-refractivity contribution in [3.63, 3.8) is 0 Å². The van der Waals surface area contributed by atoms with Gasteiger partial charge in [-0.3, -0.25) is 18.4 Å². The molecule has 0 spiro atoms. The van der Waals surface area contributed by atoms with E-state index in [-0.39, 0.29) is 11.1 Å². The molecule has 0 bridgehead atoms. The first-order chi connectivity index (χ1) is 10.8. The molecule has 4 nitrogen and oxygen atoms in total. The summed E-state index contributed by atoms with van der Waals surface area (Å²) in [4.78, 5) is 25.3. The Labute approximate surface area is 123 Å². The van der Waals surface area contributed by atoms with Gasteiger partial charge in [0.15, 0.2) is 0 Å². The number of pyridine rings is 2. The molecule has 0 amide bonds. The molecule has 22 heavy (non-hydrogen) atoms. The maximum atomic E-state index is 12.9. The molecular formula is C18H10N2O2. The number of aromatic nitrogens is 2. The normalized spacial score (nSPS) is 12.0. The molecule has 0 fully saturated rings. The highest BCUT2D eigenvalue weighted by atomic mass is 16.1. The molecule has 4 heteroatoms. The lowest BCUT2D eigenvalue weighted by Gasteiger charge is -2.05. The van der Waals surface area contributed by atoms with Crippen molar-refractivity contribution >= 4 is 32.8 Å². The van der Waals surface area contributed by atoms with Gasteiger partial charge in [0, 0.05) is 16.8 Å². The van der Waals surface area contributed by atoms with E-state index in [1.54, 1.807) is 20.9 Å². The Balaban J connectivity index is 2.36. The van der Waals surface area contributed by atoms with E-state index in [4.69, 9.17) is 0 Å². The van der Waals surface area contributed by atoms with Gasteiger partial charge in [0.1, 0.15) is 5.65 Å². The van der Waals surface area contributed by atoms with Crippen molar-refractivity contribution in [3.05, 3.63) is 81.4 Å². The summed E-state index contributed by atoms with van der Waals surface area (Å²) < 4.78 is 3.27. The lowest BCUT2D eigenvalue weighted by atomic mass is 10.1. The fourth-order valence-electron chi connectivity index (χ4n) is 3.38. The van der Waals surface area contributed by atoms with Crippen LogP contribution in [-0.4, -0.2) is 8.80 Å². The first-order valence-corrected chi connectivity index (χ1v) is 7.07. The SMILES string of the molecule is O=c1ccc2c3ccccc3c(=O)n3c4ccccc4n1c23. The zero-order valence-electron chi connectivity index (χ0n) is 11.5. The zero-order valence-corrected chi connectivity index (χ0v) is 11.5. The van der Waals surface area contributed by atoms with Gasteiger partial charge in [-0.2, -0.15) is 0 Å². The smallest absolute Gasteiger partial charge is 0.264 e. The Hall–Kier alpha value is -3.14. The van der Waals surface area contributed by atoms with Gasteiger partial charge < -0.3 is 0 Å². The average Bonchev–Trinajstić information content (AvgIpc) is 2.91. The zero-order chi connectivity index (χ0) is 14.8. The number of fused-ring (bicyclic) bond motifs is 5. The molecule has 0 saturated heterocycles. The Bertz CT molecular complexity index is 1310. The lowest BCUT2D eigenvalue weighted by Crippen LogP contribution is -2.17. The Morgan fingerprint density at radius 3 is 2.00 bits per heavy atom. The van der Waals surface area contributed by atoms with E-state index in [2.05, 4.69) is 0 Å². The van der Waals surface area contributed by atoms with Crippen molar-refractivity contribution in [2.75, 3.05) is 0 Å². The van der Waals surface area contributed by atoms with Gasteiger partial charge in [0.2, 0.25) is 0 Å². The quantitative estimate of drug-likeness (QED) is 0.411. The molecule has 3 heterocycles. The lowest BCUT2D eigenvalue weighted by molar-refractivity contribution is 1.11. The third-order valence-electron chi connectivity index (χ3n) is 4.29. The summed E-state index contributed by atoms with van der Waals surface area (Å²) in [6.45, 7) is 0. The second-order valence-electron chi connectivity index (χ2n) is 5.42. The van der Waals surface area contributed by atoms with E-state index < -0.39 is 0 Å². The van der Waals surface area contributed by atoms with E-state index in [1.807, 2.05) is 48.5 Å². The van der Waals surface area contributed by atoms with Crippen molar-refractivity contribution in [1.29, 1.82) is 0 Å². The molecule has 0 radical (unpaired) electrons. The molecule has 0 aliphatic heterocycles. The van der Waals surface area contributed by atoms with Crippen molar-refractivity contribution in [1.82, 2.24) is 8.80 Å². The minimum Gasteiger partial charge on any atom is -0.269 e. The highest BCUT2D eigenvalue weighted by molar-refractivity contribution is 6.07. The van der Waals surface area contributed by atoms with Gasteiger partial charge in [-0.1, -0.05) is 30.3 Å². The molecule has 2 aromatic carbocycles. The Kier molecular flexibility index (Phi) is 1.96. The number of hydrogen-bond donors (Lipinski definition) is 0. The molecule has 5 rings (SSSR count). The van der Waals surface area contributed by atoms with Gasteiger partial charge in [-0.15, -0.1) is 0 Å². The molecule has 0 N–H and O–H groups in total. The topological polar surface area (TPSA) is 43.0 Å². The maximum absolute atomic E-state index is 12.9. The predicted molar refractivity (Wildman–Crippen MR) is 87.1 cm³/mol. The number of nitrogens with zero attached hydrogens (tertiary/aromatic N) is 2. The second kappa shape index (κ2) is 3.74. The van der Waals surface area contributed by atoms with Crippen LogP contribution in [0, 0.1) is 0 Å². The maximum Gasteiger partial charge on any atom is 0.264 e. The molecular weight excluding hydrogens is 276 g/mol. The number of hydrogen-bond acceptors (Lipinski definition) is 2. The summed E-state index contributed by atoms with van der Waals surface area (Å²) in [6.07, 6.45) is 0. The van der Waals surface area contributed by atoms with Gasteiger partial charge >= 0.3 is 0 Å². The molecule has 0 aliphatic rings. The molecule has 3 aromatic heterocycles. The van der Waals surface area contributed by atoms with Crippen LogP contribution in [0.25, 0.3) is 32.8 Å². The number of para-hydroxylation sites is 2. The summed E-state index contributed by atoms with van der Waals surface area (Å²) in [7, 11) is 0. The van der Waals surface area contributed by atoms with Crippen LogP contribution in [0.5, 0.6) is 0 Å². The summed E-state index contributed by atoms with van der Waals surface area (Å²) in [6, 6.07) is 18.4. The first-order valence-electron chi connectivity index (χ1n) is 7.07. The molecule has 0 aliphatic carbocycles. The third kappa shape index (κ3) is 1.18. The van der Waals surface area contributed by atoms with Crippen LogP contribution in [-0.2, 0) is 0 Å². The van der Waals surface area contributed by atoms with E-state index >= 15 is 0 Å². The van der Waals surface area contributed by atoms with Crippen LogP contribution in [0.2, 0.25) is 0 Å². The van der Waals surface area contributed by atoms with Gasteiger partial charge in [-0.25, -0.2) is 0 Å².